The summed E-state index contributed by atoms with van der Waals surface area (Å²) in [6.45, 7) is 1.80. The van der Waals surface area contributed by atoms with Gasteiger partial charge in [-0.1, -0.05) is 35.9 Å². The standard InChI is InChI=1S/C17H16FNO5S/c1-12-7-9-13(10-8-12)25(21,22)24-11-16(18)14-5-3-4-6-15(14)17(20)19-23-2/h3-11H,1-2H3,(H,19,20)/b16-11-. The largest absolute Gasteiger partial charge is 0.384 e. The van der Waals surface area contributed by atoms with E-state index in [1.165, 1.54) is 43.5 Å². The Morgan fingerprint density at radius 1 is 1.08 bits per heavy atom. The Kier molecular flexibility index (Phi) is 5.89. The lowest BCUT2D eigenvalue weighted by Crippen LogP contribution is -2.22. The third-order valence-electron chi connectivity index (χ3n) is 3.21. The fraction of sp³-hybridized carbons (Fsp3) is 0.118. The maximum absolute atomic E-state index is 14.4. The predicted molar refractivity (Wildman–Crippen MR) is 89.5 cm³/mol. The van der Waals surface area contributed by atoms with Crippen LogP contribution in [0, 0.1) is 6.92 Å². The summed E-state index contributed by atoms with van der Waals surface area (Å²) >= 11 is 0. The molecule has 132 valence electrons. The fourth-order valence-electron chi connectivity index (χ4n) is 1.97. The molecule has 0 saturated carbocycles. The summed E-state index contributed by atoms with van der Waals surface area (Å²) in [7, 11) is -2.93. The zero-order valence-electron chi connectivity index (χ0n) is 13.5. The Balaban J connectivity index is 2.27. The van der Waals surface area contributed by atoms with Crippen LogP contribution < -0.4 is 5.48 Å². The first-order valence-corrected chi connectivity index (χ1v) is 8.54. The first-order valence-electron chi connectivity index (χ1n) is 7.13. The summed E-state index contributed by atoms with van der Waals surface area (Å²) in [5.41, 5.74) is 2.78. The molecule has 2 aromatic rings. The highest BCUT2D eigenvalue weighted by Crippen LogP contribution is 2.22. The van der Waals surface area contributed by atoms with Gasteiger partial charge in [0.15, 0.2) is 5.83 Å². The average molecular weight is 365 g/mol. The van der Waals surface area contributed by atoms with E-state index in [0.29, 0.717) is 6.26 Å². The summed E-state index contributed by atoms with van der Waals surface area (Å²) in [5, 5.41) is 0. The van der Waals surface area contributed by atoms with Crippen LogP contribution in [0.25, 0.3) is 5.83 Å². The van der Waals surface area contributed by atoms with Crippen molar-refractivity contribution in [2.75, 3.05) is 7.11 Å². The van der Waals surface area contributed by atoms with Crippen molar-refractivity contribution in [2.45, 2.75) is 11.8 Å². The topological polar surface area (TPSA) is 81.7 Å². The van der Waals surface area contributed by atoms with Crippen LogP contribution in [0.4, 0.5) is 4.39 Å². The van der Waals surface area contributed by atoms with Crippen molar-refractivity contribution in [3.63, 3.8) is 0 Å². The smallest absolute Gasteiger partial charge is 0.338 e. The number of hydroxylamine groups is 1. The van der Waals surface area contributed by atoms with E-state index in [9.17, 15) is 17.6 Å². The maximum atomic E-state index is 14.4. The van der Waals surface area contributed by atoms with Crippen molar-refractivity contribution in [3.8, 4) is 0 Å². The quantitative estimate of drug-likeness (QED) is 0.483. The van der Waals surface area contributed by atoms with E-state index in [1.54, 1.807) is 19.1 Å². The van der Waals surface area contributed by atoms with E-state index >= 15 is 0 Å². The van der Waals surface area contributed by atoms with Crippen LogP contribution in [0.15, 0.2) is 59.7 Å². The predicted octanol–water partition coefficient (Wildman–Crippen LogP) is 2.96. The van der Waals surface area contributed by atoms with Gasteiger partial charge < -0.3 is 4.18 Å². The molecule has 0 aromatic heterocycles. The van der Waals surface area contributed by atoms with Crippen LogP contribution in [0.3, 0.4) is 0 Å². The zero-order chi connectivity index (χ0) is 18.4. The Morgan fingerprint density at radius 2 is 1.68 bits per heavy atom. The van der Waals surface area contributed by atoms with E-state index < -0.39 is 21.9 Å². The minimum absolute atomic E-state index is 0.0329. The van der Waals surface area contributed by atoms with Crippen molar-refractivity contribution in [2.24, 2.45) is 0 Å². The number of nitrogens with one attached hydrogen (secondary N) is 1. The first-order chi connectivity index (χ1) is 11.8. The monoisotopic (exact) mass is 365 g/mol. The Hall–Kier alpha value is -2.71. The van der Waals surface area contributed by atoms with Gasteiger partial charge in [-0.3, -0.25) is 9.63 Å². The number of hydrogen-bond acceptors (Lipinski definition) is 5. The van der Waals surface area contributed by atoms with E-state index in [4.69, 9.17) is 0 Å². The lowest BCUT2D eigenvalue weighted by molar-refractivity contribution is 0.0537. The molecule has 6 nitrogen and oxygen atoms in total. The van der Waals surface area contributed by atoms with Crippen molar-refractivity contribution < 1.29 is 26.6 Å². The summed E-state index contributed by atoms with van der Waals surface area (Å²) < 4.78 is 43.1. The maximum Gasteiger partial charge on any atom is 0.338 e. The van der Waals surface area contributed by atoms with Gasteiger partial charge in [0.25, 0.3) is 5.91 Å². The molecule has 2 aromatic carbocycles. The van der Waals surface area contributed by atoms with Gasteiger partial charge in [-0.05, 0) is 25.1 Å². The molecule has 0 bridgehead atoms. The van der Waals surface area contributed by atoms with Crippen LogP contribution in [0.1, 0.15) is 21.5 Å². The molecule has 0 spiro atoms. The fourth-order valence-corrected chi connectivity index (χ4v) is 2.76. The van der Waals surface area contributed by atoms with Crippen molar-refractivity contribution in [1.29, 1.82) is 0 Å². The first kappa shape index (κ1) is 18.6. The number of carbonyl (C=O) groups is 1. The highest BCUT2D eigenvalue weighted by Gasteiger charge is 2.17. The van der Waals surface area contributed by atoms with Crippen molar-refractivity contribution in [3.05, 3.63) is 71.5 Å². The summed E-state index contributed by atoms with van der Waals surface area (Å²) in [4.78, 5) is 16.2. The van der Waals surface area contributed by atoms with Gasteiger partial charge in [-0.15, -0.1) is 0 Å². The SMILES string of the molecule is CONC(=O)c1ccccc1/C(F)=C/OS(=O)(=O)c1ccc(C)cc1. The number of benzene rings is 2. The van der Waals surface area contributed by atoms with Crippen molar-refractivity contribution in [1.82, 2.24) is 5.48 Å². The lowest BCUT2D eigenvalue weighted by Gasteiger charge is -2.08. The van der Waals surface area contributed by atoms with Gasteiger partial charge in [-0.25, -0.2) is 9.87 Å². The molecule has 25 heavy (non-hydrogen) atoms. The van der Waals surface area contributed by atoms with Gasteiger partial charge >= 0.3 is 10.1 Å². The van der Waals surface area contributed by atoms with Crippen molar-refractivity contribution >= 4 is 21.9 Å². The molecular formula is C17H16FNO5S. The molecular weight excluding hydrogens is 349 g/mol. The number of aryl methyl sites for hydroxylation is 1. The number of carbonyl (C=O) groups excluding carboxylic acids is 1. The minimum atomic E-state index is -4.17. The molecule has 0 atom stereocenters. The van der Waals surface area contributed by atoms with E-state index in [1.807, 2.05) is 0 Å². The van der Waals surface area contributed by atoms with Crippen LogP contribution in [0.2, 0.25) is 0 Å². The lowest BCUT2D eigenvalue weighted by atomic mass is 10.1. The number of amides is 1. The molecule has 0 fully saturated rings. The van der Waals surface area contributed by atoms with Crippen LogP contribution in [-0.4, -0.2) is 21.4 Å². The number of halogens is 1. The second kappa shape index (κ2) is 7.91. The van der Waals surface area contributed by atoms with Gasteiger partial charge in [0.1, 0.15) is 11.2 Å². The van der Waals surface area contributed by atoms with E-state index in [0.717, 1.165) is 5.56 Å². The minimum Gasteiger partial charge on any atom is -0.384 e. The van der Waals surface area contributed by atoms with E-state index in [-0.39, 0.29) is 16.0 Å². The molecule has 0 aliphatic rings. The van der Waals surface area contributed by atoms with Gasteiger partial charge in [0.2, 0.25) is 0 Å². The Morgan fingerprint density at radius 3 is 2.28 bits per heavy atom. The molecule has 0 radical (unpaired) electrons. The van der Waals surface area contributed by atoms with E-state index in [2.05, 4.69) is 14.5 Å². The molecule has 0 unspecified atom stereocenters. The van der Waals surface area contributed by atoms with Crippen LogP contribution in [-0.2, 0) is 19.1 Å². The number of rotatable bonds is 6. The molecule has 8 heteroatoms. The average Bonchev–Trinajstić information content (AvgIpc) is 2.60. The van der Waals surface area contributed by atoms with Gasteiger partial charge in [-0.2, -0.15) is 8.42 Å². The van der Waals surface area contributed by atoms with Gasteiger partial charge in [0.05, 0.1) is 12.7 Å². The zero-order valence-corrected chi connectivity index (χ0v) is 14.3. The molecule has 2 rings (SSSR count). The second-order valence-electron chi connectivity index (χ2n) is 5.01. The normalized spacial score (nSPS) is 11.9. The highest BCUT2D eigenvalue weighted by molar-refractivity contribution is 7.86. The summed E-state index contributed by atoms with van der Waals surface area (Å²) in [5.74, 6) is -1.69. The summed E-state index contributed by atoms with van der Waals surface area (Å²) in [6.07, 6.45) is 0.452. The van der Waals surface area contributed by atoms with Crippen LogP contribution >= 0.6 is 0 Å². The molecule has 0 aliphatic carbocycles. The Bertz CT molecular complexity index is 892. The molecule has 1 N–H and O–H groups in total. The molecule has 0 heterocycles. The molecule has 0 aliphatic heterocycles. The molecule has 1 amide bonds. The molecule has 0 saturated heterocycles. The third-order valence-corrected chi connectivity index (χ3v) is 4.41. The Labute approximate surface area is 145 Å². The third kappa shape index (κ3) is 4.65. The van der Waals surface area contributed by atoms with Crippen LogP contribution in [0.5, 0.6) is 0 Å². The summed E-state index contributed by atoms with van der Waals surface area (Å²) in [6, 6.07) is 11.6. The second-order valence-corrected chi connectivity index (χ2v) is 6.58. The highest BCUT2D eigenvalue weighted by atomic mass is 32.2. The number of hydrogen-bond donors (Lipinski definition) is 1. The van der Waals surface area contributed by atoms with Gasteiger partial charge in [0, 0.05) is 5.56 Å².